The molecule has 0 spiro atoms. The van der Waals surface area contributed by atoms with E-state index in [1.54, 1.807) is 0 Å². The van der Waals surface area contributed by atoms with E-state index in [1.807, 2.05) is 0 Å². The van der Waals surface area contributed by atoms with Gasteiger partial charge in [-0.1, -0.05) is 0 Å². The SMILES string of the molecule is CC(C)(CC(CCC(=O)O)CC(=O)O)S(=O)(=O)O. The van der Waals surface area contributed by atoms with E-state index < -0.39 is 32.7 Å². The van der Waals surface area contributed by atoms with Crippen LogP contribution >= 0.6 is 0 Å². The van der Waals surface area contributed by atoms with Gasteiger partial charge in [0.1, 0.15) is 0 Å². The second-order valence-electron chi connectivity index (χ2n) is 4.84. The monoisotopic (exact) mass is 282 g/mol. The Kier molecular flexibility index (Phi) is 5.75. The van der Waals surface area contributed by atoms with Crippen molar-refractivity contribution in [3.8, 4) is 0 Å². The van der Waals surface area contributed by atoms with Crippen LogP contribution in [0.5, 0.6) is 0 Å². The lowest BCUT2D eigenvalue weighted by molar-refractivity contribution is -0.140. The Morgan fingerprint density at radius 1 is 1.17 bits per heavy atom. The van der Waals surface area contributed by atoms with Gasteiger partial charge < -0.3 is 10.2 Å². The molecule has 18 heavy (non-hydrogen) atoms. The first-order valence-electron chi connectivity index (χ1n) is 5.36. The molecule has 0 fully saturated rings. The topological polar surface area (TPSA) is 129 Å². The molecule has 0 bridgehead atoms. The van der Waals surface area contributed by atoms with E-state index in [1.165, 1.54) is 13.8 Å². The highest BCUT2D eigenvalue weighted by molar-refractivity contribution is 7.87. The lowest BCUT2D eigenvalue weighted by Gasteiger charge is -2.25. The number of carbonyl (C=O) groups is 2. The molecule has 8 heteroatoms. The maximum Gasteiger partial charge on any atom is 0.303 e. The molecule has 7 nitrogen and oxygen atoms in total. The summed E-state index contributed by atoms with van der Waals surface area (Å²) in [7, 11) is -4.31. The molecule has 0 aromatic rings. The molecule has 0 amide bonds. The van der Waals surface area contributed by atoms with E-state index in [2.05, 4.69) is 0 Å². The van der Waals surface area contributed by atoms with Crippen LogP contribution in [0.1, 0.15) is 39.5 Å². The summed E-state index contributed by atoms with van der Waals surface area (Å²) in [5, 5.41) is 17.2. The van der Waals surface area contributed by atoms with Gasteiger partial charge in [0.05, 0.1) is 4.75 Å². The summed E-state index contributed by atoms with van der Waals surface area (Å²) < 4.78 is 29.7. The molecular formula is C10H18O7S. The highest BCUT2D eigenvalue weighted by atomic mass is 32.2. The molecule has 0 aromatic heterocycles. The summed E-state index contributed by atoms with van der Waals surface area (Å²) in [6.07, 6.45) is -0.613. The van der Waals surface area contributed by atoms with Crippen molar-refractivity contribution in [2.45, 2.75) is 44.3 Å². The summed E-state index contributed by atoms with van der Waals surface area (Å²) in [4.78, 5) is 21.1. The predicted molar refractivity (Wildman–Crippen MR) is 62.9 cm³/mol. The molecule has 1 unspecified atom stereocenters. The van der Waals surface area contributed by atoms with E-state index in [0.717, 1.165) is 0 Å². The normalized spacial score (nSPS) is 14.2. The van der Waals surface area contributed by atoms with Gasteiger partial charge in [0.25, 0.3) is 10.1 Å². The molecule has 0 aliphatic carbocycles. The van der Waals surface area contributed by atoms with Crippen LogP contribution in [0, 0.1) is 5.92 Å². The lowest BCUT2D eigenvalue weighted by Crippen LogP contribution is -2.34. The first-order valence-corrected chi connectivity index (χ1v) is 6.80. The fraction of sp³-hybridized carbons (Fsp3) is 0.800. The Hall–Kier alpha value is -1.15. The quantitative estimate of drug-likeness (QED) is 0.566. The van der Waals surface area contributed by atoms with Gasteiger partial charge in [0.15, 0.2) is 0 Å². The fourth-order valence-corrected chi connectivity index (χ4v) is 2.10. The average Bonchev–Trinajstić information content (AvgIpc) is 2.10. The standard InChI is InChI=1S/C10H18O7S/c1-10(2,18(15,16)17)6-7(5-9(13)14)3-4-8(11)12/h7H,3-6H2,1-2H3,(H,11,12)(H,13,14)(H,15,16,17). The smallest absolute Gasteiger partial charge is 0.303 e. The van der Waals surface area contributed by atoms with Gasteiger partial charge in [-0.15, -0.1) is 0 Å². The van der Waals surface area contributed by atoms with Crippen LogP contribution in [0.4, 0.5) is 0 Å². The summed E-state index contributed by atoms with van der Waals surface area (Å²) >= 11 is 0. The fourth-order valence-electron chi connectivity index (χ4n) is 1.65. The van der Waals surface area contributed by atoms with E-state index in [4.69, 9.17) is 14.8 Å². The summed E-state index contributed by atoms with van der Waals surface area (Å²) in [6, 6.07) is 0. The van der Waals surface area contributed by atoms with Crippen LogP contribution in [-0.4, -0.2) is 39.9 Å². The second kappa shape index (κ2) is 6.14. The minimum absolute atomic E-state index is 0.0561. The third-order valence-corrected chi connectivity index (χ3v) is 4.27. The van der Waals surface area contributed by atoms with Crippen molar-refractivity contribution in [3.63, 3.8) is 0 Å². The van der Waals surface area contributed by atoms with Crippen molar-refractivity contribution >= 4 is 22.1 Å². The predicted octanol–water partition coefficient (Wildman–Crippen LogP) is 0.999. The summed E-state index contributed by atoms with van der Waals surface area (Å²) in [5.41, 5.74) is 0. The van der Waals surface area contributed by atoms with Crippen molar-refractivity contribution in [1.82, 2.24) is 0 Å². The van der Waals surface area contributed by atoms with E-state index in [-0.39, 0.29) is 25.7 Å². The largest absolute Gasteiger partial charge is 0.481 e. The van der Waals surface area contributed by atoms with Crippen LogP contribution in [0.25, 0.3) is 0 Å². The van der Waals surface area contributed by atoms with Gasteiger partial charge in [-0.05, 0) is 32.6 Å². The van der Waals surface area contributed by atoms with Crippen molar-refractivity contribution in [1.29, 1.82) is 0 Å². The Labute approximate surface area is 106 Å². The van der Waals surface area contributed by atoms with Crippen molar-refractivity contribution < 1.29 is 32.8 Å². The molecule has 0 aliphatic heterocycles. The first kappa shape index (κ1) is 16.9. The highest BCUT2D eigenvalue weighted by Gasteiger charge is 2.35. The molecular weight excluding hydrogens is 264 g/mol. The Balaban J connectivity index is 4.78. The summed E-state index contributed by atoms with van der Waals surface area (Å²) in [5.74, 6) is -2.82. The molecule has 1 atom stereocenters. The average molecular weight is 282 g/mol. The van der Waals surface area contributed by atoms with E-state index in [0.29, 0.717) is 0 Å². The van der Waals surface area contributed by atoms with Gasteiger partial charge in [0, 0.05) is 12.8 Å². The van der Waals surface area contributed by atoms with Crippen LogP contribution in [0.2, 0.25) is 0 Å². The molecule has 0 saturated heterocycles. The Morgan fingerprint density at radius 3 is 2.00 bits per heavy atom. The van der Waals surface area contributed by atoms with Gasteiger partial charge in [-0.3, -0.25) is 14.1 Å². The number of carboxylic acids is 2. The molecule has 0 rings (SSSR count). The lowest BCUT2D eigenvalue weighted by atomic mass is 9.89. The van der Waals surface area contributed by atoms with E-state index in [9.17, 15) is 18.0 Å². The highest BCUT2D eigenvalue weighted by Crippen LogP contribution is 2.29. The maximum absolute atomic E-state index is 11.1. The number of hydrogen-bond donors (Lipinski definition) is 3. The molecule has 3 N–H and O–H groups in total. The zero-order valence-corrected chi connectivity index (χ0v) is 11.1. The molecule has 0 radical (unpaired) electrons. The van der Waals surface area contributed by atoms with Gasteiger partial charge in [0.2, 0.25) is 0 Å². The van der Waals surface area contributed by atoms with E-state index >= 15 is 0 Å². The van der Waals surface area contributed by atoms with Crippen molar-refractivity contribution in [2.24, 2.45) is 5.92 Å². The van der Waals surface area contributed by atoms with Crippen molar-refractivity contribution in [2.75, 3.05) is 0 Å². The zero-order valence-electron chi connectivity index (χ0n) is 10.3. The zero-order chi connectivity index (χ0) is 14.6. The van der Waals surface area contributed by atoms with Gasteiger partial charge >= 0.3 is 11.9 Å². The molecule has 0 saturated carbocycles. The van der Waals surface area contributed by atoms with Crippen LogP contribution in [0.3, 0.4) is 0 Å². The third kappa shape index (κ3) is 5.97. The Bertz CT molecular complexity index is 410. The molecule has 0 heterocycles. The molecule has 0 aliphatic rings. The van der Waals surface area contributed by atoms with Gasteiger partial charge in [-0.25, -0.2) is 0 Å². The van der Waals surface area contributed by atoms with Gasteiger partial charge in [-0.2, -0.15) is 8.42 Å². The second-order valence-corrected chi connectivity index (χ2v) is 6.89. The first-order chi connectivity index (χ1) is 7.95. The van der Waals surface area contributed by atoms with Crippen LogP contribution in [0.15, 0.2) is 0 Å². The molecule has 106 valence electrons. The number of aliphatic carboxylic acids is 2. The Morgan fingerprint density at radius 2 is 1.67 bits per heavy atom. The minimum Gasteiger partial charge on any atom is -0.481 e. The van der Waals surface area contributed by atoms with Crippen molar-refractivity contribution in [3.05, 3.63) is 0 Å². The number of hydrogen-bond acceptors (Lipinski definition) is 4. The number of rotatable bonds is 8. The summed E-state index contributed by atoms with van der Waals surface area (Å²) in [6.45, 7) is 2.55. The maximum atomic E-state index is 11.1. The van der Waals surface area contributed by atoms with Crippen LogP contribution < -0.4 is 0 Å². The number of carboxylic acid groups (broad SMARTS) is 2. The minimum atomic E-state index is -4.31. The molecule has 0 aromatic carbocycles. The van der Waals surface area contributed by atoms with Crippen LogP contribution in [-0.2, 0) is 19.7 Å². The third-order valence-electron chi connectivity index (χ3n) is 2.71.